The smallest absolute Gasteiger partial charge is 0.257 e. The average Bonchev–Trinajstić information content (AvgIpc) is 3.52. The molecule has 2 aliphatic heterocycles. The van der Waals surface area contributed by atoms with Crippen molar-refractivity contribution in [2.45, 2.75) is 36.5 Å². The fraction of sp³-hybridized carbons (Fsp3) is 0.368. The fourth-order valence-electron chi connectivity index (χ4n) is 6.64. The van der Waals surface area contributed by atoms with Gasteiger partial charge in [-0.05, 0) is 73.4 Å². The van der Waals surface area contributed by atoms with Crippen LogP contribution in [0.5, 0.6) is 11.6 Å². The molecule has 0 unspecified atom stereocenters. The highest BCUT2D eigenvalue weighted by Crippen LogP contribution is 2.38. The second kappa shape index (κ2) is 14.1. The molecular weight excluding hydrogens is 679 g/mol. The Balaban J connectivity index is 0.924. The second-order valence-corrected chi connectivity index (χ2v) is 14.5. The summed E-state index contributed by atoms with van der Waals surface area (Å²) in [5, 5.41) is 15.7. The van der Waals surface area contributed by atoms with Gasteiger partial charge in [0.1, 0.15) is 16.8 Å². The van der Waals surface area contributed by atoms with Crippen molar-refractivity contribution in [3.8, 4) is 34.4 Å². The SMILES string of the molecule is [2H]C([2H])(C(=O)N1CC=C(c2ccc(-c3ncn(C)n3)cc2)CC1)N1CC[C@@](SC)(C(=O)Nc2ccc3[nH]nc(-c4ccc(OC5CC5)c(OC)n4)c3c2)C1. The third-order valence-electron chi connectivity index (χ3n) is 9.80. The maximum absolute atomic E-state index is 14.0. The molecule has 0 spiro atoms. The summed E-state index contributed by atoms with van der Waals surface area (Å²) in [6.45, 7) is -1.23. The number of carbonyl (C=O) groups is 2. The predicted octanol–water partition coefficient (Wildman–Crippen LogP) is 5.03. The van der Waals surface area contributed by atoms with Gasteiger partial charge in [0.05, 0.1) is 33.7 Å². The van der Waals surface area contributed by atoms with E-state index in [0.29, 0.717) is 60.5 Å². The van der Waals surface area contributed by atoms with Gasteiger partial charge >= 0.3 is 0 Å². The fourth-order valence-corrected chi connectivity index (χ4v) is 7.46. The van der Waals surface area contributed by atoms with Gasteiger partial charge in [0.25, 0.3) is 5.88 Å². The van der Waals surface area contributed by atoms with Crippen molar-refractivity contribution in [1.82, 2.24) is 39.7 Å². The van der Waals surface area contributed by atoms with Gasteiger partial charge in [-0.3, -0.25) is 24.3 Å². The quantitative estimate of drug-likeness (QED) is 0.191. The lowest BCUT2D eigenvalue weighted by Crippen LogP contribution is -2.45. The minimum atomic E-state index is -2.28. The number of methoxy groups -OCH3 is 1. The monoisotopic (exact) mass is 721 g/mol. The number of hydrogen-bond donors (Lipinski definition) is 2. The van der Waals surface area contributed by atoms with E-state index in [1.165, 1.54) is 16.7 Å². The van der Waals surface area contributed by atoms with Crippen molar-refractivity contribution in [2.75, 3.05) is 51.4 Å². The summed E-state index contributed by atoms with van der Waals surface area (Å²) < 4.78 is 30.0. The van der Waals surface area contributed by atoms with E-state index in [-0.39, 0.29) is 25.1 Å². The molecule has 1 aliphatic carbocycles. The molecular formula is C38H41N9O4S. The van der Waals surface area contributed by atoms with Crippen molar-refractivity contribution in [1.29, 1.82) is 0 Å². The van der Waals surface area contributed by atoms with Gasteiger partial charge in [-0.2, -0.15) is 10.2 Å². The molecule has 13 nitrogen and oxygen atoms in total. The molecule has 1 atom stereocenters. The third kappa shape index (κ3) is 6.87. The van der Waals surface area contributed by atoms with Crippen LogP contribution < -0.4 is 14.8 Å². The van der Waals surface area contributed by atoms with Crippen molar-refractivity contribution in [3.05, 3.63) is 72.6 Å². The van der Waals surface area contributed by atoms with E-state index in [4.69, 9.17) is 12.2 Å². The molecule has 1 saturated heterocycles. The molecule has 0 bridgehead atoms. The number of anilines is 1. The van der Waals surface area contributed by atoms with Crippen LogP contribution in [0.4, 0.5) is 5.69 Å². The van der Waals surface area contributed by atoms with Crippen LogP contribution in [0.25, 0.3) is 39.3 Å². The van der Waals surface area contributed by atoms with E-state index in [1.807, 2.05) is 67.9 Å². The Bertz CT molecular complexity index is 2250. The Labute approximate surface area is 308 Å². The van der Waals surface area contributed by atoms with Gasteiger partial charge in [-0.1, -0.05) is 30.3 Å². The van der Waals surface area contributed by atoms with Crippen molar-refractivity contribution in [3.63, 3.8) is 0 Å². The summed E-state index contributed by atoms with van der Waals surface area (Å²) in [4.78, 5) is 39.7. The lowest BCUT2D eigenvalue weighted by atomic mass is 9.98. The predicted molar refractivity (Wildman–Crippen MR) is 201 cm³/mol. The number of aromatic nitrogens is 6. The van der Waals surface area contributed by atoms with Gasteiger partial charge in [-0.15, -0.1) is 11.8 Å². The van der Waals surface area contributed by atoms with Crippen LogP contribution in [0.3, 0.4) is 0 Å². The lowest BCUT2D eigenvalue weighted by molar-refractivity contribution is -0.132. The molecule has 2 amide bonds. The number of aromatic amines is 1. The number of rotatable bonds is 11. The maximum Gasteiger partial charge on any atom is 0.257 e. The number of benzene rings is 2. The van der Waals surface area contributed by atoms with Crippen molar-refractivity contribution in [2.24, 2.45) is 7.05 Å². The Kier molecular flexibility index (Phi) is 8.53. The lowest BCUT2D eigenvalue weighted by Gasteiger charge is -2.29. The zero-order valence-electron chi connectivity index (χ0n) is 31.3. The first-order valence-electron chi connectivity index (χ1n) is 18.3. The molecule has 2 aromatic carbocycles. The highest BCUT2D eigenvalue weighted by molar-refractivity contribution is 8.00. The number of amides is 2. The van der Waals surface area contributed by atoms with Crippen molar-refractivity contribution < 1.29 is 21.8 Å². The number of likely N-dealkylation sites (tertiary alicyclic amines) is 1. The molecule has 1 saturated carbocycles. The van der Waals surface area contributed by atoms with Crippen LogP contribution in [0.2, 0.25) is 0 Å². The molecule has 3 aromatic heterocycles. The average molecular weight is 722 g/mol. The number of H-pyrrole nitrogens is 1. The standard InChI is InChI=1S/C38H41N9O4S/c1-45-23-39-35(44-45)26-6-4-24(5-7-26)25-14-17-47(18-15-25)33(48)21-46-19-16-38(22-46,52-3)37(49)40-27-8-11-30-29(20-27)34(43-42-30)31-12-13-32(36(41-31)50-2)51-28-9-10-28/h4-8,11-14,20,23,28H,9-10,15-19,21-22H2,1-3H3,(H,40,49)(H,42,43)/t38-/m0/s1/i21D2. The van der Waals surface area contributed by atoms with Crippen molar-refractivity contribution >= 4 is 45.7 Å². The summed E-state index contributed by atoms with van der Waals surface area (Å²) in [6.07, 6.45) is 8.74. The summed E-state index contributed by atoms with van der Waals surface area (Å²) in [6, 6.07) is 17.2. The second-order valence-electron chi connectivity index (χ2n) is 13.3. The third-order valence-corrected chi connectivity index (χ3v) is 11.1. The van der Waals surface area contributed by atoms with E-state index in [1.54, 1.807) is 29.1 Å². The number of pyridine rings is 1. The van der Waals surface area contributed by atoms with Gasteiger partial charge in [-0.25, -0.2) is 9.97 Å². The highest BCUT2D eigenvalue weighted by atomic mass is 32.2. The number of ether oxygens (including phenoxy) is 2. The summed E-state index contributed by atoms with van der Waals surface area (Å²) >= 11 is 1.37. The number of hydrogen-bond acceptors (Lipinski definition) is 10. The van der Waals surface area contributed by atoms with E-state index in [9.17, 15) is 9.59 Å². The first-order valence-corrected chi connectivity index (χ1v) is 18.6. The van der Waals surface area contributed by atoms with Crippen LogP contribution >= 0.6 is 11.8 Å². The van der Waals surface area contributed by atoms with Crippen LogP contribution in [-0.4, -0.2) is 108 Å². The van der Waals surface area contributed by atoms with Gasteiger partial charge < -0.3 is 19.7 Å². The maximum atomic E-state index is 14.0. The van der Waals surface area contributed by atoms with E-state index in [0.717, 1.165) is 40.4 Å². The molecule has 52 heavy (non-hydrogen) atoms. The van der Waals surface area contributed by atoms with E-state index < -0.39 is 17.2 Å². The number of thioether (sulfide) groups is 1. The first kappa shape index (κ1) is 31.5. The molecule has 14 heteroatoms. The Morgan fingerprint density at radius 1 is 1.12 bits per heavy atom. The summed E-state index contributed by atoms with van der Waals surface area (Å²) in [7, 11) is 3.38. The number of aryl methyl sites for hydroxylation is 1. The molecule has 3 aliphatic rings. The van der Waals surface area contributed by atoms with E-state index in [2.05, 4.69) is 30.6 Å². The minimum absolute atomic E-state index is 0.0866. The van der Waals surface area contributed by atoms with Gasteiger partial charge in [0, 0.05) is 49.9 Å². The van der Waals surface area contributed by atoms with Crippen LogP contribution in [0.15, 0.2) is 67.0 Å². The zero-order valence-corrected chi connectivity index (χ0v) is 30.1. The zero-order chi connectivity index (χ0) is 37.6. The van der Waals surface area contributed by atoms with E-state index >= 15 is 0 Å². The van der Waals surface area contributed by atoms with Crippen LogP contribution in [-0.2, 0) is 16.6 Å². The number of nitrogens with one attached hydrogen (secondary N) is 2. The van der Waals surface area contributed by atoms with Crippen LogP contribution in [0.1, 0.15) is 34.0 Å². The molecule has 2 N–H and O–H groups in total. The van der Waals surface area contributed by atoms with Gasteiger partial charge in [0.2, 0.25) is 11.8 Å². The Morgan fingerprint density at radius 2 is 1.94 bits per heavy atom. The molecule has 2 fully saturated rings. The molecule has 8 rings (SSSR count). The van der Waals surface area contributed by atoms with Crippen LogP contribution in [0, 0.1) is 0 Å². The Hall–Kier alpha value is -5.21. The topological polar surface area (TPSA) is 143 Å². The number of carbonyl (C=O) groups excluding carboxylic acids is 2. The van der Waals surface area contributed by atoms with Gasteiger partial charge in [0.15, 0.2) is 11.6 Å². The molecule has 0 radical (unpaired) electrons. The summed E-state index contributed by atoms with van der Waals surface area (Å²) in [5.74, 6) is 0.791. The number of nitrogens with zero attached hydrogens (tertiary/aromatic N) is 7. The minimum Gasteiger partial charge on any atom is -0.485 e. The number of fused-ring (bicyclic) bond motifs is 1. The first-order chi connectivity index (χ1) is 26.1. The summed E-state index contributed by atoms with van der Waals surface area (Å²) in [5.41, 5.74) is 5.62. The Morgan fingerprint density at radius 3 is 2.65 bits per heavy atom. The molecule has 5 aromatic rings. The highest BCUT2D eigenvalue weighted by Gasteiger charge is 2.45. The normalized spacial score (nSPS) is 20.0. The largest absolute Gasteiger partial charge is 0.485 e. The molecule has 5 heterocycles. The molecule has 268 valence electrons.